The van der Waals surface area contributed by atoms with Crippen LogP contribution >= 0.6 is 34.8 Å². The predicted molar refractivity (Wildman–Crippen MR) is 108 cm³/mol. The van der Waals surface area contributed by atoms with Crippen LogP contribution in [0.5, 0.6) is 0 Å². The number of nitro benzene ring substituents is 1. The Kier molecular flexibility index (Phi) is 7.76. The summed E-state index contributed by atoms with van der Waals surface area (Å²) in [5, 5.41) is 29.6. The molecule has 4 N–H and O–H groups in total. The van der Waals surface area contributed by atoms with Gasteiger partial charge in [-0.15, -0.1) is 0 Å². The summed E-state index contributed by atoms with van der Waals surface area (Å²) in [5.74, 6) is 0. The molecule has 0 saturated heterocycles. The van der Waals surface area contributed by atoms with E-state index in [2.05, 4.69) is 10.9 Å². The Morgan fingerprint density at radius 2 is 1.56 bits per heavy atom. The third kappa shape index (κ3) is 5.50. The molecule has 8 nitrogen and oxygen atoms in total. The number of benzene rings is 2. The van der Waals surface area contributed by atoms with Crippen molar-refractivity contribution in [1.82, 2.24) is 0 Å². The number of anilines is 3. The molecular formula is C16H17Cl3N4O4. The van der Waals surface area contributed by atoms with E-state index in [1.54, 1.807) is 23.1 Å². The van der Waals surface area contributed by atoms with Crippen molar-refractivity contribution < 1.29 is 15.1 Å². The Morgan fingerprint density at radius 1 is 0.963 bits per heavy atom. The van der Waals surface area contributed by atoms with Crippen LogP contribution in [0.15, 0.2) is 30.3 Å². The number of non-ortho nitro benzene ring substituents is 1. The second kappa shape index (κ2) is 9.82. The van der Waals surface area contributed by atoms with Crippen LogP contribution in [0.25, 0.3) is 0 Å². The van der Waals surface area contributed by atoms with E-state index >= 15 is 0 Å². The lowest BCUT2D eigenvalue weighted by molar-refractivity contribution is -0.384. The largest absolute Gasteiger partial charge is 0.395 e. The zero-order valence-corrected chi connectivity index (χ0v) is 16.2. The van der Waals surface area contributed by atoms with E-state index in [1.165, 1.54) is 12.1 Å². The first kappa shape index (κ1) is 21.3. The lowest BCUT2D eigenvalue weighted by atomic mass is 10.2. The number of aliphatic hydroxyl groups excluding tert-OH is 2. The van der Waals surface area contributed by atoms with Gasteiger partial charge in [0, 0.05) is 30.9 Å². The van der Waals surface area contributed by atoms with Gasteiger partial charge in [0.25, 0.3) is 5.69 Å². The van der Waals surface area contributed by atoms with Crippen molar-refractivity contribution in [2.75, 3.05) is 42.1 Å². The second-order valence-electron chi connectivity index (χ2n) is 5.39. The summed E-state index contributed by atoms with van der Waals surface area (Å²) < 4.78 is 0. The van der Waals surface area contributed by atoms with Crippen LogP contribution in [0.1, 0.15) is 0 Å². The van der Waals surface area contributed by atoms with Crippen LogP contribution in [-0.4, -0.2) is 41.4 Å². The van der Waals surface area contributed by atoms with E-state index in [-0.39, 0.29) is 34.6 Å². The monoisotopic (exact) mass is 434 g/mol. The van der Waals surface area contributed by atoms with Gasteiger partial charge < -0.3 is 15.1 Å². The number of nitrogens with one attached hydrogen (secondary N) is 2. The summed E-state index contributed by atoms with van der Waals surface area (Å²) in [5.41, 5.74) is 6.94. The van der Waals surface area contributed by atoms with Gasteiger partial charge in [0.15, 0.2) is 0 Å². The molecule has 0 fully saturated rings. The van der Waals surface area contributed by atoms with Crippen LogP contribution in [0.4, 0.5) is 22.7 Å². The summed E-state index contributed by atoms with van der Waals surface area (Å²) >= 11 is 18.4. The number of hydrogen-bond donors (Lipinski definition) is 4. The molecule has 0 amide bonds. The van der Waals surface area contributed by atoms with Crippen LogP contribution in [0, 0.1) is 10.1 Å². The molecule has 146 valence electrons. The molecule has 2 aromatic carbocycles. The highest BCUT2D eigenvalue weighted by Crippen LogP contribution is 2.35. The smallest absolute Gasteiger partial charge is 0.272 e. The van der Waals surface area contributed by atoms with Crippen molar-refractivity contribution in [2.24, 2.45) is 0 Å². The Bertz CT molecular complexity index is 793. The zero-order valence-electron chi connectivity index (χ0n) is 14.0. The zero-order chi connectivity index (χ0) is 20.0. The summed E-state index contributed by atoms with van der Waals surface area (Å²) in [4.78, 5) is 12.0. The first-order chi connectivity index (χ1) is 12.9. The molecule has 27 heavy (non-hydrogen) atoms. The maximum Gasteiger partial charge on any atom is 0.272 e. The van der Waals surface area contributed by atoms with Crippen molar-refractivity contribution in [3.8, 4) is 0 Å². The molecule has 2 aromatic rings. The highest BCUT2D eigenvalue weighted by atomic mass is 35.5. The number of aliphatic hydroxyl groups is 2. The van der Waals surface area contributed by atoms with Gasteiger partial charge in [-0.05, 0) is 18.2 Å². The Balaban J connectivity index is 2.16. The van der Waals surface area contributed by atoms with Gasteiger partial charge in [-0.3, -0.25) is 21.0 Å². The first-order valence-electron chi connectivity index (χ1n) is 7.79. The minimum atomic E-state index is -0.588. The molecule has 0 aliphatic heterocycles. The molecule has 0 saturated carbocycles. The fraction of sp³-hybridized carbons (Fsp3) is 0.250. The summed E-state index contributed by atoms with van der Waals surface area (Å²) in [7, 11) is 0. The van der Waals surface area contributed by atoms with Crippen LogP contribution < -0.4 is 15.8 Å². The quantitative estimate of drug-likeness (QED) is 0.350. The van der Waals surface area contributed by atoms with Crippen LogP contribution in [0.2, 0.25) is 15.1 Å². The van der Waals surface area contributed by atoms with Crippen LogP contribution in [-0.2, 0) is 0 Å². The van der Waals surface area contributed by atoms with Crippen molar-refractivity contribution >= 4 is 57.6 Å². The number of halogens is 3. The minimum absolute atomic E-state index is 0.0592. The lowest BCUT2D eigenvalue weighted by Crippen LogP contribution is -2.29. The molecule has 0 radical (unpaired) electrons. The number of nitro groups is 1. The van der Waals surface area contributed by atoms with Gasteiger partial charge in [0.2, 0.25) is 0 Å². The summed E-state index contributed by atoms with van der Waals surface area (Å²) in [6.07, 6.45) is 0. The van der Waals surface area contributed by atoms with E-state index in [9.17, 15) is 10.1 Å². The fourth-order valence-electron chi connectivity index (χ4n) is 2.33. The molecule has 0 aliphatic rings. The Labute approximate surface area is 170 Å². The SMILES string of the molecule is O=[N+]([O-])c1cc(Cl)c(NNc2ccc(N(CCO)CCO)cc2Cl)c(Cl)c1. The number of rotatable bonds is 9. The minimum Gasteiger partial charge on any atom is -0.395 e. The van der Waals surface area contributed by atoms with E-state index in [4.69, 9.17) is 45.0 Å². The van der Waals surface area contributed by atoms with Crippen molar-refractivity contribution in [2.45, 2.75) is 0 Å². The molecule has 0 spiro atoms. The maximum absolute atomic E-state index is 10.8. The Hall–Kier alpha value is -1.97. The topological polar surface area (TPSA) is 111 Å². The van der Waals surface area contributed by atoms with Crippen LogP contribution in [0.3, 0.4) is 0 Å². The van der Waals surface area contributed by atoms with Gasteiger partial charge in [0.1, 0.15) is 0 Å². The molecule has 0 bridgehead atoms. The molecule has 0 aromatic heterocycles. The van der Waals surface area contributed by atoms with E-state index in [1.807, 2.05) is 0 Å². The van der Waals surface area contributed by atoms with Crippen molar-refractivity contribution in [3.63, 3.8) is 0 Å². The van der Waals surface area contributed by atoms with Crippen molar-refractivity contribution in [1.29, 1.82) is 0 Å². The fourth-order valence-corrected chi connectivity index (χ4v) is 3.12. The number of hydrazine groups is 1. The number of nitrogens with zero attached hydrogens (tertiary/aromatic N) is 2. The van der Waals surface area contributed by atoms with Gasteiger partial charge in [-0.25, -0.2) is 0 Å². The normalized spacial score (nSPS) is 10.6. The lowest BCUT2D eigenvalue weighted by Gasteiger charge is -2.24. The second-order valence-corrected chi connectivity index (χ2v) is 6.61. The van der Waals surface area contributed by atoms with Gasteiger partial charge in [-0.2, -0.15) is 0 Å². The van der Waals surface area contributed by atoms with E-state index in [0.717, 1.165) is 5.69 Å². The Morgan fingerprint density at radius 3 is 2.04 bits per heavy atom. The molecule has 0 atom stereocenters. The molecule has 2 rings (SSSR count). The maximum atomic E-state index is 10.8. The molecule has 0 heterocycles. The highest BCUT2D eigenvalue weighted by molar-refractivity contribution is 6.39. The average Bonchev–Trinajstić information content (AvgIpc) is 2.61. The molecule has 0 aliphatic carbocycles. The van der Waals surface area contributed by atoms with Crippen molar-refractivity contribution in [3.05, 3.63) is 55.5 Å². The van der Waals surface area contributed by atoms with E-state index < -0.39 is 4.92 Å². The third-order valence-corrected chi connectivity index (χ3v) is 4.53. The summed E-state index contributed by atoms with van der Waals surface area (Å²) in [6.45, 7) is 0.596. The molecule has 0 unspecified atom stereocenters. The van der Waals surface area contributed by atoms with Gasteiger partial charge >= 0.3 is 0 Å². The average molecular weight is 436 g/mol. The van der Waals surface area contributed by atoms with Gasteiger partial charge in [0.05, 0.1) is 44.6 Å². The first-order valence-corrected chi connectivity index (χ1v) is 8.92. The highest BCUT2D eigenvalue weighted by Gasteiger charge is 2.15. The van der Waals surface area contributed by atoms with E-state index in [0.29, 0.717) is 23.8 Å². The third-order valence-electron chi connectivity index (χ3n) is 3.62. The standard InChI is InChI=1S/C16H17Cl3N4O4/c17-12-7-10(22(3-5-24)4-6-25)1-2-15(12)20-21-16-13(18)8-11(23(26)27)9-14(16)19/h1-2,7-9,20-21,24-25H,3-6H2. The summed E-state index contributed by atoms with van der Waals surface area (Å²) in [6, 6.07) is 7.50. The predicted octanol–water partition coefficient (Wildman–Crippen LogP) is 3.79. The molecular weight excluding hydrogens is 419 g/mol. The van der Waals surface area contributed by atoms with Gasteiger partial charge in [-0.1, -0.05) is 34.8 Å². The molecule has 11 heteroatoms. The number of hydrogen-bond acceptors (Lipinski definition) is 7.